The van der Waals surface area contributed by atoms with Crippen molar-refractivity contribution in [3.8, 4) is 18.1 Å². The van der Waals surface area contributed by atoms with Crippen LogP contribution in [0.15, 0.2) is 36.5 Å². The summed E-state index contributed by atoms with van der Waals surface area (Å²) < 4.78 is 6.06. The van der Waals surface area contributed by atoms with Crippen molar-refractivity contribution < 1.29 is 9.53 Å². The molecule has 0 unspecified atom stereocenters. The molecule has 0 aliphatic heterocycles. The number of carbonyl (C=O) groups excluding carboxylic acids is 1. The normalized spacial score (nSPS) is 10.7. The lowest BCUT2D eigenvalue weighted by Gasteiger charge is -2.24. The van der Waals surface area contributed by atoms with Crippen molar-refractivity contribution in [2.24, 2.45) is 0 Å². The van der Waals surface area contributed by atoms with Crippen molar-refractivity contribution >= 4 is 11.7 Å². The molecular formula is C21H25N3O2. The summed E-state index contributed by atoms with van der Waals surface area (Å²) in [5.74, 6) is 3.67. The molecule has 5 nitrogen and oxygen atoms in total. The number of terminal acetylenes is 1. The van der Waals surface area contributed by atoms with Crippen LogP contribution in [-0.2, 0) is 6.54 Å². The molecule has 1 aromatic carbocycles. The molecule has 0 fully saturated rings. The first kappa shape index (κ1) is 19.3. The summed E-state index contributed by atoms with van der Waals surface area (Å²) in [4.78, 5) is 16.1. The first-order valence-electron chi connectivity index (χ1n) is 8.48. The average Bonchev–Trinajstić information content (AvgIpc) is 2.58. The molecule has 0 bridgehead atoms. The summed E-state index contributed by atoms with van der Waals surface area (Å²) in [6.45, 7) is 8.89. The molecule has 5 heteroatoms. The monoisotopic (exact) mass is 351 g/mol. The van der Waals surface area contributed by atoms with Crippen LogP contribution in [0.2, 0.25) is 0 Å². The number of ether oxygens (including phenoxy) is 1. The van der Waals surface area contributed by atoms with Gasteiger partial charge in [-0.25, -0.2) is 4.98 Å². The average molecular weight is 351 g/mol. The van der Waals surface area contributed by atoms with E-state index < -0.39 is 0 Å². The second-order valence-corrected chi connectivity index (χ2v) is 7.00. The standard InChI is InChI=1S/C21H25N3O2/c1-6-11-22-20(25)17-9-10-19(24-14-17)23-13-16-8-7-15(2)12-18(16)26-21(3,4)5/h1,7-10,12,14H,11,13H2,2-5H3,(H,22,25)(H,23,24). The highest BCUT2D eigenvalue weighted by Crippen LogP contribution is 2.25. The van der Waals surface area contributed by atoms with Crippen LogP contribution in [0, 0.1) is 19.3 Å². The molecule has 0 radical (unpaired) electrons. The van der Waals surface area contributed by atoms with E-state index in [0.717, 1.165) is 16.9 Å². The predicted molar refractivity (Wildman–Crippen MR) is 104 cm³/mol. The van der Waals surface area contributed by atoms with Crippen LogP contribution < -0.4 is 15.4 Å². The molecule has 2 rings (SSSR count). The number of nitrogens with zero attached hydrogens (tertiary/aromatic N) is 1. The fourth-order valence-electron chi connectivity index (χ4n) is 2.28. The number of benzene rings is 1. The van der Waals surface area contributed by atoms with Crippen LogP contribution in [0.3, 0.4) is 0 Å². The number of amides is 1. The molecule has 0 atom stereocenters. The molecule has 0 saturated heterocycles. The minimum absolute atomic E-state index is 0.197. The van der Waals surface area contributed by atoms with Crippen molar-refractivity contribution in [1.29, 1.82) is 0 Å². The molecule has 1 amide bonds. The molecule has 0 aliphatic rings. The largest absolute Gasteiger partial charge is 0.488 e. The van der Waals surface area contributed by atoms with E-state index in [2.05, 4.69) is 27.6 Å². The van der Waals surface area contributed by atoms with Gasteiger partial charge in [-0.15, -0.1) is 6.42 Å². The van der Waals surface area contributed by atoms with Crippen LogP contribution in [-0.4, -0.2) is 23.0 Å². The summed E-state index contributed by atoms with van der Waals surface area (Å²) in [6.07, 6.45) is 6.66. The molecule has 2 N–H and O–H groups in total. The van der Waals surface area contributed by atoms with Gasteiger partial charge in [-0.1, -0.05) is 18.1 Å². The third-order valence-corrected chi connectivity index (χ3v) is 3.48. The van der Waals surface area contributed by atoms with Gasteiger partial charge in [-0.3, -0.25) is 4.79 Å². The molecule has 0 saturated carbocycles. The molecule has 1 aromatic heterocycles. The molecule has 2 aromatic rings. The van der Waals surface area contributed by atoms with Gasteiger partial charge in [0, 0.05) is 18.3 Å². The smallest absolute Gasteiger partial charge is 0.253 e. The summed E-state index contributed by atoms with van der Waals surface area (Å²) in [5.41, 5.74) is 2.39. The zero-order valence-electron chi connectivity index (χ0n) is 15.7. The minimum Gasteiger partial charge on any atom is -0.488 e. The number of aromatic nitrogens is 1. The number of nitrogens with one attached hydrogen (secondary N) is 2. The van der Waals surface area contributed by atoms with E-state index >= 15 is 0 Å². The number of hydrogen-bond donors (Lipinski definition) is 2. The highest BCUT2D eigenvalue weighted by Gasteiger charge is 2.15. The summed E-state index contributed by atoms with van der Waals surface area (Å²) in [5, 5.41) is 5.87. The second kappa shape index (κ2) is 8.39. The maximum atomic E-state index is 11.8. The van der Waals surface area contributed by atoms with Gasteiger partial charge in [0.05, 0.1) is 12.1 Å². The Labute approximate surface area is 155 Å². The van der Waals surface area contributed by atoms with Crippen molar-refractivity contribution in [1.82, 2.24) is 10.3 Å². The van der Waals surface area contributed by atoms with E-state index in [4.69, 9.17) is 11.2 Å². The number of pyridine rings is 1. The van der Waals surface area contributed by atoms with Gasteiger partial charge < -0.3 is 15.4 Å². The lowest BCUT2D eigenvalue weighted by atomic mass is 10.1. The van der Waals surface area contributed by atoms with Crippen molar-refractivity contribution in [3.05, 3.63) is 53.2 Å². The Morgan fingerprint density at radius 2 is 2.04 bits per heavy atom. The number of aryl methyl sites for hydroxylation is 1. The number of hydrogen-bond acceptors (Lipinski definition) is 4. The van der Waals surface area contributed by atoms with E-state index in [-0.39, 0.29) is 18.1 Å². The van der Waals surface area contributed by atoms with Crippen molar-refractivity contribution in [2.45, 2.75) is 39.8 Å². The number of rotatable bonds is 6. The fraction of sp³-hybridized carbons (Fsp3) is 0.333. The van der Waals surface area contributed by atoms with E-state index in [9.17, 15) is 4.79 Å². The summed E-state index contributed by atoms with van der Waals surface area (Å²) in [6, 6.07) is 9.62. The van der Waals surface area contributed by atoms with Gasteiger partial charge >= 0.3 is 0 Å². The highest BCUT2D eigenvalue weighted by molar-refractivity contribution is 5.94. The second-order valence-electron chi connectivity index (χ2n) is 7.00. The maximum Gasteiger partial charge on any atom is 0.253 e. The Morgan fingerprint density at radius 1 is 1.27 bits per heavy atom. The Bertz CT molecular complexity index is 799. The van der Waals surface area contributed by atoms with E-state index in [1.54, 1.807) is 12.1 Å². The summed E-state index contributed by atoms with van der Waals surface area (Å²) >= 11 is 0. The lowest BCUT2D eigenvalue weighted by molar-refractivity contribution is 0.0958. The van der Waals surface area contributed by atoms with Gasteiger partial charge in [0.25, 0.3) is 5.91 Å². The molecule has 26 heavy (non-hydrogen) atoms. The van der Waals surface area contributed by atoms with Crippen molar-refractivity contribution in [2.75, 3.05) is 11.9 Å². The quantitative estimate of drug-likeness (QED) is 0.782. The van der Waals surface area contributed by atoms with Crippen LogP contribution in [0.1, 0.15) is 42.3 Å². The van der Waals surface area contributed by atoms with Crippen LogP contribution in [0.4, 0.5) is 5.82 Å². The molecule has 136 valence electrons. The van der Waals surface area contributed by atoms with Gasteiger partial charge in [0.2, 0.25) is 0 Å². The van der Waals surface area contributed by atoms with Crippen LogP contribution in [0.5, 0.6) is 5.75 Å². The zero-order valence-corrected chi connectivity index (χ0v) is 15.7. The van der Waals surface area contributed by atoms with Gasteiger partial charge in [0.1, 0.15) is 17.2 Å². The van der Waals surface area contributed by atoms with Crippen LogP contribution >= 0.6 is 0 Å². The Balaban J connectivity index is 2.05. The SMILES string of the molecule is C#CCNC(=O)c1ccc(NCc2ccc(C)cc2OC(C)(C)C)nc1. The Kier molecular flexibility index (Phi) is 6.24. The first-order valence-corrected chi connectivity index (χ1v) is 8.48. The summed E-state index contributed by atoms with van der Waals surface area (Å²) in [7, 11) is 0. The van der Waals surface area contributed by atoms with E-state index in [1.165, 1.54) is 6.20 Å². The third-order valence-electron chi connectivity index (χ3n) is 3.48. The molecule has 0 spiro atoms. The first-order chi connectivity index (χ1) is 12.3. The minimum atomic E-state index is -0.270. The number of carbonyl (C=O) groups is 1. The number of anilines is 1. The van der Waals surface area contributed by atoms with Crippen LogP contribution in [0.25, 0.3) is 0 Å². The predicted octanol–water partition coefficient (Wildman–Crippen LogP) is 3.54. The van der Waals surface area contributed by atoms with Gasteiger partial charge in [-0.05, 0) is 51.5 Å². The zero-order chi connectivity index (χ0) is 19.2. The van der Waals surface area contributed by atoms with E-state index in [0.29, 0.717) is 17.9 Å². The molecule has 1 heterocycles. The van der Waals surface area contributed by atoms with E-state index in [1.807, 2.05) is 39.8 Å². The highest BCUT2D eigenvalue weighted by atomic mass is 16.5. The Morgan fingerprint density at radius 3 is 2.65 bits per heavy atom. The molecule has 0 aliphatic carbocycles. The molecular weight excluding hydrogens is 326 g/mol. The fourth-order valence-corrected chi connectivity index (χ4v) is 2.28. The topological polar surface area (TPSA) is 63.2 Å². The third kappa shape index (κ3) is 5.82. The maximum absolute atomic E-state index is 11.8. The Hall–Kier alpha value is -3.00. The van der Waals surface area contributed by atoms with Crippen molar-refractivity contribution in [3.63, 3.8) is 0 Å². The van der Waals surface area contributed by atoms with Gasteiger partial charge in [-0.2, -0.15) is 0 Å². The van der Waals surface area contributed by atoms with Gasteiger partial charge in [0.15, 0.2) is 0 Å². The lowest BCUT2D eigenvalue weighted by Crippen LogP contribution is -2.24.